The molecule has 2 atom stereocenters. The number of rotatable bonds is 4. The first kappa shape index (κ1) is 20.6. The van der Waals surface area contributed by atoms with E-state index >= 15 is 0 Å². The first-order valence-electron chi connectivity index (χ1n) is 10.3. The SMILES string of the molecule is CCOC(=O)[C@@H]1C(=O)NC(N2CCN(C(=O)c3ccco3)CC2)=N[C@H]1c1ccccc1. The quantitative estimate of drug-likeness (QED) is 0.588. The molecule has 9 nitrogen and oxygen atoms in total. The maximum absolute atomic E-state index is 12.9. The molecule has 0 unspecified atom stereocenters. The largest absolute Gasteiger partial charge is 0.465 e. The normalized spacial score (nSPS) is 21.3. The zero-order valence-corrected chi connectivity index (χ0v) is 17.2. The summed E-state index contributed by atoms with van der Waals surface area (Å²) in [6.45, 7) is 3.81. The highest BCUT2D eigenvalue weighted by atomic mass is 16.5. The summed E-state index contributed by atoms with van der Waals surface area (Å²) in [4.78, 5) is 46.2. The second kappa shape index (κ2) is 9.03. The molecule has 2 amide bonds. The van der Waals surface area contributed by atoms with Crippen molar-refractivity contribution in [2.24, 2.45) is 10.9 Å². The highest BCUT2D eigenvalue weighted by Crippen LogP contribution is 2.31. The lowest BCUT2D eigenvalue weighted by Crippen LogP contribution is -2.58. The number of hydrogen-bond donors (Lipinski definition) is 1. The minimum atomic E-state index is -1.05. The number of nitrogens with one attached hydrogen (secondary N) is 1. The van der Waals surface area contributed by atoms with Crippen LogP contribution >= 0.6 is 0 Å². The Labute approximate surface area is 179 Å². The van der Waals surface area contributed by atoms with Crippen molar-refractivity contribution in [3.63, 3.8) is 0 Å². The van der Waals surface area contributed by atoms with E-state index in [9.17, 15) is 14.4 Å². The monoisotopic (exact) mass is 424 g/mol. The number of ether oxygens (including phenoxy) is 1. The summed E-state index contributed by atoms with van der Waals surface area (Å²) < 4.78 is 10.3. The number of furan rings is 1. The van der Waals surface area contributed by atoms with Gasteiger partial charge in [0.25, 0.3) is 5.91 Å². The maximum atomic E-state index is 12.9. The lowest BCUT2D eigenvalue weighted by atomic mass is 9.91. The molecule has 2 aromatic rings. The molecule has 1 N–H and O–H groups in total. The van der Waals surface area contributed by atoms with Crippen LogP contribution in [0.15, 0.2) is 58.1 Å². The Hall–Kier alpha value is -3.62. The molecule has 2 aliphatic heterocycles. The van der Waals surface area contributed by atoms with Crippen LogP contribution in [-0.2, 0) is 14.3 Å². The van der Waals surface area contributed by atoms with Crippen molar-refractivity contribution in [3.05, 3.63) is 60.1 Å². The van der Waals surface area contributed by atoms with E-state index in [1.165, 1.54) is 6.26 Å². The van der Waals surface area contributed by atoms with E-state index in [2.05, 4.69) is 5.32 Å². The molecule has 0 bridgehead atoms. The summed E-state index contributed by atoms with van der Waals surface area (Å²) >= 11 is 0. The van der Waals surface area contributed by atoms with E-state index < -0.39 is 23.8 Å². The number of carbonyl (C=O) groups is 3. The van der Waals surface area contributed by atoms with Crippen molar-refractivity contribution in [1.29, 1.82) is 0 Å². The standard InChI is InChI=1S/C22H24N4O5/c1-2-30-21(29)17-18(15-7-4-3-5-8-15)23-22(24-19(17)27)26-12-10-25(11-13-26)20(28)16-9-6-14-31-16/h3-9,14,17-18H,2,10-13H2,1H3,(H,23,24,27)/t17-,18-/m0/s1. The lowest BCUT2D eigenvalue weighted by Gasteiger charge is -2.38. The van der Waals surface area contributed by atoms with Gasteiger partial charge in [-0.3, -0.25) is 19.7 Å². The van der Waals surface area contributed by atoms with Gasteiger partial charge in [0.05, 0.1) is 12.9 Å². The van der Waals surface area contributed by atoms with Crippen LogP contribution in [0.4, 0.5) is 0 Å². The molecule has 3 heterocycles. The number of hydrogen-bond acceptors (Lipinski definition) is 7. The molecular formula is C22H24N4O5. The molecule has 0 aliphatic carbocycles. The van der Waals surface area contributed by atoms with Crippen LogP contribution in [0.1, 0.15) is 29.1 Å². The van der Waals surface area contributed by atoms with Crippen molar-refractivity contribution >= 4 is 23.7 Å². The molecular weight excluding hydrogens is 400 g/mol. The topological polar surface area (TPSA) is 104 Å². The molecule has 9 heteroatoms. The van der Waals surface area contributed by atoms with Crippen molar-refractivity contribution in [2.75, 3.05) is 32.8 Å². The third-order valence-electron chi connectivity index (χ3n) is 5.37. The van der Waals surface area contributed by atoms with E-state index in [0.29, 0.717) is 37.9 Å². The number of guanidine groups is 1. The molecule has 0 radical (unpaired) electrons. The molecule has 1 saturated heterocycles. The number of benzene rings is 1. The number of aliphatic imine (C=N–C) groups is 1. The Bertz CT molecular complexity index is 965. The molecule has 1 aromatic carbocycles. The van der Waals surface area contributed by atoms with Gasteiger partial charge in [0.2, 0.25) is 11.9 Å². The number of amides is 2. The van der Waals surface area contributed by atoms with Crippen LogP contribution < -0.4 is 5.32 Å². The van der Waals surface area contributed by atoms with Crippen molar-refractivity contribution in [2.45, 2.75) is 13.0 Å². The maximum Gasteiger partial charge on any atom is 0.321 e. The fraction of sp³-hybridized carbons (Fsp3) is 0.364. The average Bonchev–Trinajstić information content (AvgIpc) is 3.34. The third kappa shape index (κ3) is 4.30. The van der Waals surface area contributed by atoms with Crippen LogP contribution in [0.5, 0.6) is 0 Å². The van der Waals surface area contributed by atoms with Crippen LogP contribution in [0, 0.1) is 5.92 Å². The molecule has 1 fully saturated rings. The zero-order chi connectivity index (χ0) is 21.8. The van der Waals surface area contributed by atoms with Gasteiger partial charge < -0.3 is 19.0 Å². The molecule has 0 saturated carbocycles. The highest BCUT2D eigenvalue weighted by molar-refractivity contribution is 6.08. The molecule has 0 spiro atoms. The summed E-state index contributed by atoms with van der Waals surface area (Å²) in [7, 11) is 0. The highest BCUT2D eigenvalue weighted by Gasteiger charge is 2.42. The van der Waals surface area contributed by atoms with Gasteiger partial charge in [-0.1, -0.05) is 30.3 Å². The Kier molecular flexibility index (Phi) is 6.01. The van der Waals surface area contributed by atoms with Gasteiger partial charge in [0.15, 0.2) is 11.7 Å². The van der Waals surface area contributed by atoms with E-state index in [0.717, 1.165) is 5.56 Å². The van der Waals surface area contributed by atoms with Crippen LogP contribution in [0.2, 0.25) is 0 Å². The van der Waals surface area contributed by atoms with Gasteiger partial charge >= 0.3 is 5.97 Å². The van der Waals surface area contributed by atoms with Gasteiger partial charge in [0.1, 0.15) is 6.04 Å². The third-order valence-corrected chi connectivity index (χ3v) is 5.37. The summed E-state index contributed by atoms with van der Waals surface area (Å²) in [5.74, 6) is -1.53. The van der Waals surface area contributed by atoms with Crippen molar-refractivity contribution in [1.82, 2.24) is 15.1 Å². The molecule has 2 aliphatic rings. The average molecular weight is 424 g/mol. The summed E-state index contributed by atoms with van der Waals surface area (Å²) in [6, 6.07) is 11.9. The summed E-state index contributed by atoms with van der Waals surface area (Å²) in [5.41, 5.74) is 0.763. The van der Waals surface area contributed by atoms with Crippen LogP contribution in [0.3, 0.4) is 0 Å². The molecule has 31 heavy (non-hydrogen) atoms. The smallest absolute Gasteiger partial charge is 0.321 e. The summed E-state index contributed by atoms with van der Waals surface area (Å²) in [6.07, 6.45) is 1.47. The Balaban J connectivity index is 1.52. The Morgan fingerprint density at radius 2 is 1.87 bits per heavy atom. The van der Waals surface area contributed by atoms with Gasteiger partial charge in [-0.25, -0.2) is 4.99 Å². The van der Waals surface area contributed by atoms with Gasteiger partial charge in [0, 0.05) is 26.2 Å². The second-order valence-electron chi connectivity index (χ2n) is 7.28. The van der Waals surface area contributed by atoms with Gasteiger partial charge in [-0.15, -0.1) is 0 Å². The lowest BCUT2D eigenvalue weighted by molar-refractivity contribution is -0.153. The second-order valence-corrected chi connectivity index (χ2v) is 7.28. The number of carbonyl (C=O) groups excluding carboxylic acids is 3. The molecule has 4 rings (SSSR count). The zero-order valence-electron chi connectivity index (χ0n) is 17.2. The predicted molar refractivity (Wildman–Crippen MR) is 111 cm³/mol. The predicted octanol–water partition coefficient (Wildman–Crippen LogP) is 1.44. The van der Waals surface area contributed by atoms with Crippen molar-refractivity contribution < 1.29 is 23.5 Å². The van der Waals surface area contributed by atoms with E-state index in [1.807, 2.05) is 35.2 Å². The minimum Gasteiger partial charge on any atom is -0.465 e. The van der Waals surface area contributed by atoms with Gasteiger partial charge in [-0.05, 0) is 24.6 Å². The van der Waals surface area contributed by atoms with E-state index in [1.54, 1.807) is 24.0 Å². The summed E-state index contributed by atoms with van der Waals surface area (Å²) in [5, 5.41) is 2.76. The number of nitrogens with zero attached hydrogens (tertiary/aromatic N) is 3. The van der Waals surface area contributed by atoms with E-state index in [4.69, 9.17) is 14.1 Å². The minimum absolute atomic E-state index is 0.163. The Morgan fingerprint density at radius 1 is 1.13 bits per heavy atom. The number of piperazine rings is 1. The van der Waals surface area contributed by atoms with Gasteiger partial charge in [-0.2, -0.15) is 0 Å². The van der Waals surface area contributed by atoms with E-state index in [-0.39, 0.29) is 12.5 Å². The number of esters is 1. The Morgan fingerprint density at radius 3 is 2.52 bits per heavy atom. The molecule has 162 valence electrons. The fourth-order valence-corrected chi connectivity index (χ4v) is 3.79. The first-order valence-corrected chi connectivity index (χ1v) is 10.3. The molecule has 1 aromatic heterocycles. The van der Waals surface area contributed by atoms with Crippen LogP contribution in [0.25, 0.3) is 0 Å². The fourth-order valence-electron chi connectivity index (χ4n) is 3.79. The van der Waals surface area contributed by atoms with Crippen molar-refractivity contribution in [3.8, 4) is 0 Å². The first-order chi connectivity index (χ1) is 15.1. The van der Waals surface area contributed by atoms with Crippen LogP contribution in [-0.4, -0.2) is 66.3 Å².